The zero-order valence-electron chi connectivity index (χ0n) is 18.2. The molecule has 1 amide bonds. The molecule has 9 heteroatoms. The number of fused-ring (bicyclic) bond motifs is 1. The van der Waals surface area contributed by atoms with Gasteiger partial charge in [0.15, 0.2) is 11.5 Å². The third-order valence-corrected chi connectivity index (χ3v) is 5.43. The van der Waals surface area contributed by atoms with E-state index in [-0.39, 0.29) is 5.91 Å². The molecule has 0 atom stereocenters. The minimum absolute atomic E-state index is 0.0621. The molecule has 5 rings (SSSR count). The molecule has 0 unspecified atom stereocenters. The Labute approximate surface area is 189 Å². The first-order valence-electron chi connectivity index (χ1n) is 10.5. The van der Waals surface area contributed by atoms with Crippen molar-refractivity contribution in [2.75, 3.05) is 5.32 Å². The molecule has 1 N–H and O–H groups in total. The standard InChI is InChI=1S/C24H21N7O2/c1-15-20(16(2)33-30-15)9-12-23(32)26-19-7-5-17(6-8-19)21-10-11-22-27-28-24(31(22)29-21)18-4-3-13-25-14-18/h3-8,10-11,13-14H,9,12H2,1-2H3,(H,26,32). The predicted octanol–water partition coefficient (Wildman–Crippen LogP) is 4.03. The zero-order valence-corrected chi connectivity index (χ0v) is 18.2. The summed E-state index contributed by atoms with van der Waals surface area (Å²) in [5.41, 5.74) is 5.71. The number of carbonyl (C=O) groups is 1. The molecule has 0 aliphatic heterocycles. The van der Waals surface area contributed by atoms with Crippen molar-refractivity contribution in [1.29, 1.82) is 0 Å². The average molecular weight is 439 g/mol. The molecular weight excluding hydrogens is 418 g/mol. The Balaban J connectivity index is 1.30. The van der Waals surface area contributed by atoms with Gasteiger partial charge in [-0.3, -0.25) is 9.78 Å². The fourth-order valence-electron chi connectivity index (χ4n) is 3.66. The van der Waals surface area contributed by atoms with Crippen LogP contribution in [0.1, 0.15) is 23.4 Å². The molecule has 9 nitrogen and oxygen atoms in total. The van der Waals surface area contributed by atoms with Gasteiger partial charge in [0.25, 0.3) is 0 Å². The lowest BCUT2D eigenvalue weighted by atomic mass is 10.1. The van der Waals surface area contributed by atoms with Crippen LogP contribution in [0, 0.1) is 13.8 Å². The quantitative estimate of drug-likeness (QED) is 0.425. The second-order valence-electron chi connectivity index (χ2n) is 7.68. The highest BCUT2D eigenvalue weighted by Crippen LogP contribution is 2.22. The summed E-state index contributed by atoms with van der Waals surface area (Å²) >= 11 is 0. The number of hydrogen-bond acceptors (Lipinski definition) is 7. The Morgan fingerprint density at radius 1 is 1.03 bits per heavy atom. The summed E-state index contributed by atoms with van der Waals surface area (Å²) in [7, 11) is 0. The van der Waals surface area contributed by atoms with Crippen molar-refractivity contribution >= 4 is 17.2 Å². The van der Waals surface area contributed by atoms with Crippen molar-refractivity contribution in [1.82, 2.24) is 30.0 Å². The maximum atomic E-state index is 12.4. The Hall–Kier alpha value is -4.40. The molecule has 0 saturated carbocycles. The predicted molar refractivity (Wildman–Crippen MR) is 122 cm³/mol. The van der Waals surface area contributed by atoms with Crippen LogP contribution in [0.3, 0.4) is 0 Å². The summed E-state index contributed by atoms with van der Waals surface area (Å²) in [6, 6.07) is 15.1. The van der Waals surface area contributed by atoms with Gasteiger partial charge in [0, 0.05) is 41.2 Å². The Morgan fingerprint density at radius 3 is 2.61 bits per heavy atom. The van der Waals surface area contributed by atoms with Crippen LogP contribution in [0.2, 0.25) is 0 Å². The number of aromatic nitrogens is 6. The fourth-order valence-corrected chi connectivity index (χ4v) is 3.66. The van der Waals surface area contributed by atoms with E-state index in [4.69, 9.17) is 9.62 Å². The smallest absolute Gasteiger partial charge is 0.224 e. The molecule has 164 valence electrons. The summed E-state index contributed by atoms with van der Waals surface area (Å²) in [5, 5.41) is 20.0. The summed E-state index contributed by atoms with van der Waals surface area (Å²) in [6.07, 6.45) is 4.39. The molecular formula is C24H21N7O2. The van der Waals surface area contributed by atoms with Crippen molar-refractivity contribution in [3.8, 4) is 22.6 Å². The summed E-state index contributed by atoms with van der Waals surface area (Å²) < 4.78 is 6.86. The SMILES string of the molecule is Cc1noc(C)c1CCC(=O)Nc1ccc(-c2ccc3nnc(-c4cccnc4)n3n2)cc1. The van der Waals surface area contributed by atoms with Gasteiger partial charge in [-0.05, 0) is 56.7 Å². The maximum absolute atomic E-state index is 12.4. The first-order chi connectivity index (χ1) is 16.1. The molecule has 0 saturated heterocycles. The van der Waals surface area contributed by atoms with Crippen LogP contribution in [0.5, 0.6) is 0 Å². The lowest BCUT2D eigenvalue weighted by Gasteiger charge is -2.07. The lowest BCUT2D eigenvalue weighted by Crippen LogP contribution is -2.12. The zero-order chi connectivity index (χ0) is 22.8. The van der Waals surface area contributed by atoms with Crippen molar-refractivity contribution < 1.29 is 9.32 Å². The van der Waals surface area contributed by atoms with Crippen molar-refractivity contribution in [3.05, 3.63) is 77.9 Å². The van der Waals surface area contributed by atoms with E-state index in [1.165, 1.54) is 0 Å². The van der Waals surface area contributed by atoms with Gasteiger partial charge >= 0.3 is 0 Å². The maximum Gasteiger partial charge on any atom is 0.224 e. The molecule has 0 bridgehead atoms. The first-order valence-corrected chi connectivity index (χ1v) is 10.5. The average Bonchev–Trinajstić information content (AvgIpc) is 3.41. The number of nitrogens with zero attached hydrogens (tertiary/aromatic N) is 6. The van der Waals surface area contributed by atoms with E-state index in [0.29, 0.717) is 24.3 Å². The number of nitrogens with one attached hydrogen (secondary N) is 1. The summed E-state index contributed by atoms with van der Waals surface area (Å²) in [5.74, 6) is 1.32. The van der Waals surface area contributed by atoms with Gasteiger partial charge in [0.1, 0.15) is 5.76 Å². The molecule has 0 fully saturated rings. The number of anilines is 1. The number of rotatable bonds is 6. The van der Waals surface area contributed by atoms with Crippen LogP contribution in [0.4, 0.5) is 5.69 Å². The first kappa shape index (κ1) is 20.5. The molecule has 0 aliphatic rings. The van der Waals surface area contributed by atoms with E-state index >= 15 is 0 Å². The third kappa shape index (κ3) is 4.20. The highest BCUT2D eigenvalue weighted by Gasteiger charge is 2.13. The van der Waals surface area contributed by atoms with Gasteiger partial charge in [0.05, 0.1) is 11.4 Å². The van der Waals surface area contributed by atoms with Crippen molar-refractivity contribution in [2.24, 2.45) is 0 Å². The highest BCUT2D eigenvalue weighted by atomic mass is 16.5. The van der Waals surface area contributed by atoms with Crippen LogP contribution in [0.15, 0.2) is 65.4 Å². The Morgan fingerprint density at radius 2 is 1.88 bits per heavy atom. The number of carbonyl (C=O) groups excluding carboxylic acids is 1. The van der Waals surface area contributed by atoms with E-state index in [1.807, 2.05) is 62.4 Å². The number of amides is 1. The van der Waals surface area contributed by atoms with Crippen molar-refractivity contribution in [3.63, 3.8) is 0 Å². The van der Waals surface area contributed by atoms with Crippen LogP contribution in [-0.2, 0) is 11.2 Å². The van der Waals surface area contributed by atoms with Gasteiger partial charge in [-0.25, -0.2) is 0 Å². The van der Waals surface area contributed by atoms with E-state index in [2.05, 4.69) is 25.7 Å². The van der Waals surface area contributed by atoms with E-state index in [1.54, 1.807) is 16.9 Å². The second kappa shape index (κ2) is 8.62. The van der Waals surface area contributed by atoms with Gasteiger partial charge < -0.3 is 9.84 Å². The number of hydrogen-bond donors (Lipinski definition) is 1. The molecule has 0 spiro atoms. The molecule has 5 aromatic rings. The molecule has 0 radical (unpaired) electrons. The van der Waals surface area contributed by atoms with Gasteiger partial charge in [0.2, 0.25) is 5.91 Å². The van der Waals surface area contributed by atoms with E-state index < -0.39 is 0 Å². The normalized spacial score (nSPS) is 11.1. The fraction of sp³-hybridized carbons (Fsp3) is 0.167. The molecule has 4 heterocycles. The van der Waals surface area contributed by atoms with Gasteiger partial charge in [-0.1, -0.05) is 17.3 Å². The minimum atomic E-state index is -0.0621. The third-order valence-electron chi connectivity index (χ3n) is 5.43. The number of pyridine rings is 1. The lowest BCUT2D eigenvalue weighted by molar-refractivity contribution is -0.116. The molecule has 4 aromatic heterocycles. The topological polar surface area (TPSA) is 111 Å². The van der Waals surface area contributed by atoms with Crippen LogP contribution in [0.25, 0.3) is 28.3 Å². The number of benzene rings is 1. The Kier molecular flexibility index (Phi) is 5.35. The van der Waals surface area contributed by atoms with Crippen LogP contribution < -0.4 is 5.32 Å². The van der Waals surface area contributed by atoms with E-state index in [0.717, 1.165) is 39.5 Å². The molecule has 33 heavy (non-hydrogen) atoms. The molecule has 1 aromatic carbocycles. The highest BCUT2D eigenvalue weighted by molar-refractivity contribution is 5.91. The second-order valence-corrected chi connectivity index (χ2v) is 7.68. The van der Waals surface area contributed by atoms with Gasteiger partial charge in [-0.15, -0.1) is 10.2 Å². The summed E-state index contributed by atoms with van der Waals surface area (Å²) in [6.45, 7) is 3.74. The number of aryl methyl sites for hydroxylation is 2. The Bertz CT molecular complexity index is 1400. The van der Waals surface area contributed by atoms with E-state index in [9.17, 15) is 4.79 Å². The minimum Gasteiger partial charge on any atom is -0.361 e. The van der Waals surface area contributed by atoms with Gasteiger partial charge in [-0.2, -0.15) is 9.61 Å². The monoisotopic (exact) mass is 439 g/mol. The largest absolute Gasteiger partial charge is 0.361 e. The van der Waals surface area contributed by atoms with Crippen LogP contribution >= 0.6 is 0 Å². The van der Waals surface area contributed by atoms with Crippen molar-refractivity contribution in [2.45, 2.75) is 26.7 Å². The van der Waals surface area contributed by atoms with Crippen LogP contribution in [-0.4, -0.2) is 35.9 Å². The molecule has 0 aliphatic carbocycles. The summed E-state index contributed by atoms with van der Waals surface area (Å²) in [4.78, 5) is 16.5.